The van der Waals surface area contributed by atoms with Crippen LogP contribution in [0.5, 0.6) is 0 Å². The number of halogens is 1. The van der Waals surface area contributed by atoms with Crippen LogP contribution in [0.4, 0.5) is 0 Å². The number of morpholine rings is 1. The summed E-state index contributed by atoms with van der Waals surface area (Å²) in [6.45, 7) is 5.73. The molecule has 19 heavy (non-hydrogen) atoms. The third kappa shape index (κ3) is 5.10. The van der Waals surface area contributed by atoms with Crippen LogP contribution in [0.2, 0.25) is 0 Å². The Kier molecular flexibility index (Phi) is 7.38. The van der Waals surface area contributed by atoms with Crippen LogP contribution in [0.3, 0.4) is 0 Å². The molecule has 0 aliphatic carbocycles. The Morgan fingerprint density at radius 2 is 2.47 bits per heavy atom. The van der Waals surface area contributed by atoms with Crippen molar-refractivity contribution >= 4 is 29.7 Å². The molecule has 0 aromatic carbocycles. The Bertz CT molecular complexity index is 367. The summed E-state index contributed by atoms with van der Waals surface area (Å²) >= 11 is 1.70. The molecule has 0 radical (unpaired) electrons. The van der Waals surface area contributed by atoms with Crippen molar-refractivity contribution in [2.75, 3.05) is 26.3 Å². The van der Waals surface area contributed by atoms with Crippen LogP contribution in [-0.4, -0.2) is 43.2 Å². The molecule has 108 valence electrons. The van der Waals surface area contributed by atoms with Crippen molar-refractivity contribution in [3.8, 4) is 0 Å². The minimum Gasteiger partial charge on any atom is -0.378 e. The van der Waals surface area contributed by atoms with E-state index in [4.69, 9.17) is 4.74 Å². The zero-order valence-electron chi connectivity index (χ0n) is 11.1. The summed E-state index contributed by atoms with van der Waals surface area (Å²) in [7, 11) is 0. The maximum absolute atomic E-state index is 12.2. The highest BCUT2D eigenvalue weighted by Crippen LogP contribution is 2.13. The molecular weight excluding hydrogens is 284 g/mol. The van der Waals surface area contributed by atoms with Gasteiger partial charge in [0, 0.05) is 30.4 Å². The van der Waals surface area contributed by atoms with E-state index in [1.807, 2.05) is 23.3 Å². The molecule has 0 bridgehead atoms. The lowest BCUT2D eigenvalue weighted by molar-refractivity contribution is -0.132. The normalized spacial score (nSPS) is 18.7. The molecule has 1 N–H and O–H groups in total. The summed E-state index contributed by atoms with van der Waals surface area (Å²) < 4.78 is 5.37. The van der Waals surface area contributed by atoms with Crippen LogP contribution < -0.4 is 5.32 Å². The first kappa shape index (κ1) is 16.4. The average molecular weight is 305 g/mol. The summed E-state index contributed by atoms with van der Waals surface area (Å²) in [4.78, 5) is 15.3. The van der Waals surface area contributed by atoms with Crippen molar-refractivity contribution in [2.24, 2.45) is 0 Å². The number of rotatable bonds is 5. The van der Waals surface area contributed by atoms with E-state index in [9.17, 15) is 4.79 Å². The van der Waals surface area contributed by atoms with Gasteiger partial charge in [-0.1, -0.05) is 6.07 Å². The van der Waals surface area contributed by atoms with Crippen molar-refractivity contribution in [2.45, 2.75) is 25.9 Å². The fraction of sp³-hybridized carbons (Fsp3) is 0.615. The van der Waals surface area contributed by atoms with Crippen LogP contribution >= 0.6 is 23.7 Å². The van der Waals surface area contributed by atoms with E-state index in [1.54, 1.807) is 11.3 Å². The van der Waals surface area contributed by atoms with Crippen LogP contribution in [0.25, 0.3) is 0 Å². The number of hydrogen-bond donors (Lipinski definition) is 1. The number of nitrogens with zero attached hydrogens (tertiary/aromatic N) is 1. The van der Waals surface area contributed by atoms with Crippen LogP contribution in [0, 0.1) is 0 Å². The Morgan fingerprint density at radius 1 is 1.63 bits per heavy atom. The van der Waals surface area contributed by atoms with Crippen LogP contribution in [-0.2, 0) is 16.1 Å². The number of hydrogen-bond acceptors (Lipinski definition) is 4. The van der Waals surface area contributed by atoms with E-state index >= 15 is 0 Å². The van der Waals surface area contributed by atoms with Gasteiger partial charge in [-0.15, -0.1) is 23.7 Å². The van der Waals surface area contributed by atoms with Crippen LogP contribution in [0.15, 0.2) is 17.5 Å². The van der Waals surface area contributed by atoms with E-state index < -0.39 is 0 Å². The van der Waals surface area contributed by atoms with Gasteiger partial charge < -0.3 is 15.0 Å². The van der Waals surface area contributed by atoms with Gasteiger partial charge in [-0.05, 0) is 18.4 Å². The summed E-state index contributed by atoms with van der Waals surface area (Å²) in [5.41, 5.74) is 0. The molecule has 0 spiro atoms. The number of nitrogens with one attached hydrogen (secondary N) is 1. The number of amides is 1. The van der Waals surface area contributed by atoms with Crippen molar-refractivity contribution in [1.82, 2.24) is 10.2 Å². The molecule has 4 nitrogen and oxygen atoms in total. The quantitative estimate of drug-likeness (QED) is 0.903. The summed E-state index contributed by atoms with van der Waals surface area (Å²) in [5, 5.41) is 5.36. The predicted octanol–water partition coefficient (Wildman–Crippen LogP) is 1.90. The monoisotopic (exact) mass is 304 g/mol. The third-order valence-electron chi connectivity index (χ3n) is 3.08. The SMILES string of the molecule is CCN(Cc1cccs1)C(=O)CC1COCCN1.Cl. The molecule has 1 amide bonds. The molecule has 1 aliphatic heterocycles. The zero-order chi connectivity index (χ0) is 12.8. The second-order valence-corrected chi connectivity index (χ2v) is 5.45. The number of thiophene rings is 1. The minimum atomic E-state index is 0. The first-order valence-corrected chi connectivity index (χ1v) is 7.29. The fourth-order valence-electron chi connectivity index (χ4n) is 2.06. The fourth-order valence-corrected chi connectivity index (χ4v) is 2.78. The van der Waals surface area contributed by atoms with E-state index in [2.05, 4.69) is 11.4 Å². The maximum Gasteiger partial charge on any atom is 0.224 e. The number of carbonyl (C=O) groups is 1. The molecule has 6 heteroatoms. The highest BCUT2D eigenvalue weighted by atomic mass is 35.5. The molecule has 1 atom stereocenters. The van der Waals surface area contributed by atoms with Gasteiger partial charge >= 0.3 is 0 Å². The van der Waals surface area contributed by atoms with Gasteiger partial charge in [-0.2, -0.15) is 0 Å². The summed E-state index contributed by atoms with van der Waals surface area (Å²) in [6, 6.07) is 4.26. The standard InChI is InChI=1S/C13H20N2O2S.ClH/c1-2-15(9-12-4-3-7-18-12)13(16)8-11-10-17-6-5-14-11;/h3-4,7,11,14H,2,5-6,8-10H2,1H3;1H. The van der Waals surface area contributed by atoms with Crippen molar-refractivity contribution in [1.29, 1.82) is 0 Å². The second kappa shape index (κ2) is 8.53. The van der Waals surface area contributed by atoms with E-state index in [0.29, 0.717) is 13.0 Å². The number of carbonyl (C=O) groups excluding carboxylic acids is 1. The van der Waals surface area contributed by atoms with Gasteiger partial charge in [-0.25, -0.2) is 0 Å². The molecule has 1 aromatic heterocycles. The van der Waals surface area contributed by atoms with Crippen molar-refractivity contribution in [3.63, 3.8) is 0 Å². The lowest BCUT2D eigenvalue weighted by Gasteiger charge is -2.26. The van der Waals surface area contributed by atoms with Gasteiger partial charge in [-0.3, -0.25) is 4.79 Å². The Balaban J connectivity index is 0.00000180. The van der Waals surface area contributed by atoms with E-state index in [-0.39, 0.29) is 24.4 Å². The molecule has 1 saturated heterocycles. The van der Waals surface area contributed by atoms with Gasteiger partial charge in [0.25, 0.3) is 0 Å². The molecular formula is C13H21ClN2O2S. The highest BCUT2D eigenvalue weighted by Gasteiger charge is 2.20. The molecule has 1 unspecified atom stereocenters. The van der Waals surface area contributed by atoms with Gasteiger partial charge in [0.05, 0.1) is 19.8 Å². The lowest BCUT2D eigenvalue weighted by atomic mass is 10.2. The topological polar surface area (TPSA) is 41.6 Å². The van der Waals surface area contributed by atoms with Crippen LogP contribution in [0.1, 0.15) is 18.2 Å². The molecule has 1 fully saturated rings. The number of ether oxygens (including phenoxy) is 1. The Hall–Kier alpha value is -0.620. The highest BCUT2D eigenvalue weighted by molar-refractivity contribution is 7.09. The summed E-state index contributed by atoms with van der Waals surface area (Å²) in [5.74, 6) is 0.203. The molecule has 1 aliphatic rings. The third-order valence-corrected chi connectivity index (χ3v) is 3.94. The molecule has 2 heterocycles. The second-order valence-electron chi connectivity index (χ2n) is 4.42. The molecule has 2 rings (SSSR count). The summed E-state index contributed by atoms with van der Waals surface area (Å²) in [6.07, 6.45) is 0.527. The maximum atomic E-state index is 12.2. The van der Waals surface area contributed by atoms with Gasteiger partial charge in [0.15, 0.2) is 0 Å². The van der Waals surface area contributed by atoms with Crippen molar-refractivity contribution in [3.05, 3.63) is 22.4 Å². The van der Waals surface area contributed by atoms with E-state index in [1.165, 1.54) is 4.88 Å². The Labute approximate surface area is 124 Å². The zero-order valence-corrected chi connectivity index (χ0v) is 12.8. The minimum absolute atomic E-state index is 0. The Morgan fingerprint density at radius 3 is 3.05 bits per heavy atom. The molecule has 0 saturated carbocycles. The van der Waals surface area contributed by atoms with Crippen molar-refractivity contribution < 1.29 is 9.53 Å². The molecule has 1 aromatic rings. The predicted molar refractivity (Wildman–Crippen MR) is 79.9 cm³/mol. The van der Waals surface area contributed by atoms with Gasteiger partial charge in [0.1, 0.15) is 0 Å². The lowest BCUT2D eigenvalue weighted by Crippen LogP contribution is -2.45. The smallest absolute Gasteiger partial charge is 0.224 e. The van der Waals surface area contributed by atoms with E-state index in [0.717, 1.165) is 26.2 Å². The first-order valence-electron chi connectivity index (χ1n) is 6.41. The first-order chi connectivity index (χ1) is 8.79. The van der Waals surface area contributed by atoms with Gasteiger partial charge in [0.2, 0.25) is 5.91 Å². The average Bonchev–Trinajstić information content (AvgIpc) is 2.90. The largest absolute Gasteiger partial charge is 0.378 e.